The summed E-state index contributed by atoms with van der Waals surface area (Å²) in [4.78, 5) is 116. The molecule has 32 heteroatoms. The summed E-state index contributed by atoms with van der Waals surface area (Å²) in [5.74, 6) is -1.75. The van der Waals surface area contributed by atoms with Crippen LogP contribution in [0, 0.1) is 27.7 Å². The number of fused-ring (bicyclic) bond motifs is 10. The molecule has 0 atom stereocenters. The fraction of sp³-hybridized carbons (Fsp3) is 0.227. The number of carbonyl (C=O) groups is 8. The molecule has 10 aromatic rings. The number of nitrogens with one attached hydrogen (secondary N) is 8. The van der Waals surface area contributed by atoms with Gasteiger partial charge in [0, 0.05) is 83.8 Å². The molecule has 12 amide bonds. The number of urea groups is 4. The van der Waals surface area contributed by atoms with Crippen LogP contribution in [0.4, 0.5) is 41.9 Å². The van der Waals surface area contributed by atoms with Gasteiger partial charge in [-0.2, -0.15) is 0 Å². The lowest BCUT2D eigenvalue weighted by molar-refractivity contribution is 0.0637. The van der Waals surface area contributed by atoms with Crippen molar-refractivity contribution in [3.63, 3.8) is 0 Å². The van der Waals surface area contributed by atoms with Crippen molar-refractivity contribution >= 4 is 111 Å². The maximum Gasteiger partial charge on any atom is 0.333 e. The summed E-state index contributed by atoms with van der Waals surface area (Å²) in [6.45, 7) is 10.6. The number of anilines is 4. The monoisotopic (exact) mass is 1700 g/mol. The maximum atomic E-state index is 14.6. The van der Waals surface area contributed by atoms with Gasteiger partial charge in [0.05, 0.1) is 55.0 Å². The number of sulfonamides is 4. The second-order valence-electron chi connectivity index (χ2n) is 29.5. The first kappa shape index (κ1) is 84.9. The number of carbonyl (C=O) groups excluding carboxylic acids is 8. The Kier molecular flexibility index (Phi) is 25.2. The quantitative estimate of drug-likeness (QED) is 0.0233. The van der Waals surface area contributed by atoms with Crippen molar-refractivity contribution in [2.75, 3.05) is 47.6 Å². The highest BCUT2D eigenvalue weighted by Gasteiger charge is 2.37. The number of aryl methyl sites for hydroxylation is 4. The van der Waals surface area contributed by atoms with Crippen LogP contribution in [0.1, 0.15) is 159 Å². The number of amides is 12. The molecule has 0 saturated heterocycles. The molecule has 2 aliphatic heterocycles. The zero-order valence-electron chi connectivity index (χ0n) is 66.3. The average molecular weight is 1700 g/mol. The summed E-state index contributed by atoms with van der Waals surface area (Å²) in [5.41, 5.74) is 7.36. The third-order valence-electron chi connectivity index (χ3n) is 20.4. The third kappa shape index (κ3) is 19.5. The van der Waals surface area contributed by atoms with Crippen molar-refractivity contribution in [2.45, 2.75) is 125 Å². The predicted molar refractivity (Wildman–Crippen MR) is 451 cm³/mol. The highest BCUT2D eigenvalue weighted by Crippen LogP contribution is 2.42. The molecule has 13 rings (SSSR count). The van der Waals surface area contributed by atoms with Crippen LogP contribution in [0.25, 0.3) is 0 Å². The topological polar surface area (TPSA) is 394 Å². The van der Waals surface area contributed by atoms with Crippen LogP contribution >= 0.6 is 0 Å². The molecule has 0 radical (unpaired) electrons. The van der Waals surface area contributed by atoms with Crippen molar-refractivity contribution in [2.24, 2.45) is 0 Å². The Labute approximate surface area is 695 Å². The molecule has 120 heavy (non-hydrogen) atoms. The van der Waals surface area contributed by atoms with Crippen molar-refractivity contribution in [1.82, 2.24) is 28.7 Å². The Morgan fingerprint density at radius 3 is 0.758 bits per heavy atom. The molecule has 1 aliphatic carbocycles. The molecular formula is C88H86N10O18S4. The minimum Gasteiger partial charge on any atom is -0.493 e. The Balaban J connectivity index is 1.05. The van der Waals surface area contributed by atoms with Crippen LogP contribution in [0.3, 0.4) is 0 Å². The van der Waals surface area contributed by atoms with Gasteiger partial charge >= 0.3 is 24.1 Å². The van der Waals surface area contributed by atoms with Crippen LogP contribution in [-0.2, 0) is 78.6 Å². The van der Waals surface area contributed by atoms with Crippen molar-refractivity contribution in [3.05, 3.63) is 294 Å². The van der Waals surface area contributed by atoms with Crippen molar-refractivity contribution in [1.29, 1.82) is 0 Å². The predicted octanol–water partition coefficient (Wildman–Crippen LogP) is 13.7. The zero-order valence-corrected chi connectivity index (χ0v) is 69.5. The van der Waals surface area contributed by atoms with E-state index < -0.39 is 87.8 Å². The van der Waals surface area contributed by atoms with Gasteiger partial charge in [-0.15, -0.1) is 0 Å². The van der Waals surface area contributed by atoms with E-state index in [9.17, 15) is 72.0 Å². The first-order chi connectivity index (χ1) is 57.2. The van der Waals surface area contributed by atoms with E-state index in [1.165, 1.54) is 48.5 Å². The van der Waals surface area contributed by atoms with Crippen LogP contribution in [0.15, 0.2) is 214 Å². The fourth-order valence-corrected chi connectivity index (χ4v) is 18.4. The Morgan fingerprint density at radius 1 is 0.325 bits per heavy atom. The van der Waals surface area contributed by atoms with E-state index >= 15 is 0 Å². The summed E-state index contributed by atoms with van der Waals surface area (Å²) in [6.07, 6.45) is 0.0577. The number of benzene rings is 10. The lowest BCUT2D eigenvalue weighted by Crippen LogP contribution is -2.34. The highest BCUT2D eigenvalue weighted by molar-refractivity contribution is 7.91. The number of imide groups is 2. The van der Waals surface area contributed by atoms with Gasteiger partial charge in [0.2, 0.25) is 0 Å². The number of nitrogens with zero attached hydrogens (tertiary/aromatic N) is 2. The second kappa shape index (κ2) is 35.6. The second-order valence-corrected chi connectivity index (χ2v) is 36.2. The molecule has 8 N–H and O–H groups in total. The lowest BCUT2D eigenvalue weighted by Gasteiger charge is -2.25. The van der Waals surface area contributed by atoms with Gasteiger partial charge in [0.15, 0.2) is 0 Å². The number of hydrogen-bond acceptors (Lipinski definition) is 18. The van der Waals surface area contributed by atoms with Gasteiger partial charge in [0.1, 0.15) is 11.5 Å². The summed E-state index contributed by atoms with van der Waals surface area (Å²) in [5, 5.41) is 11.0. The average Bonchev–Trinajstić information content (AvgIpc) is 1.64. The lowest BCUT2D eigenvalue weighted by atomic mass is 9.85. The molecule has 10 aromatic carbocycles. The third-order valence-corrected chi connectivity index (χ3v) is 25.8. The maximum absolute atomic E-state index is 14.6. The number of ether oxygens (including phenoxy) is 2. The molecule has 620 valence electrons. The van der Waals surface area contributed by atoms with Crippen LogP contribution in [0.2, 0.25) is 0 Å². The summed E-state index contributed by atoms with van der Waals surface area (Å²) in [6, 6.07) is 43.6. The van der Waals surface area contributed by atoms with E-state index in [0.29, 0.717) is 46.2 Å². The summed E-state index contributed by atoms with van der Waals surface area (Å²) >= 11 is 0. The van der Waals surface area contributed by atoms with E-state index in [-0.39, 0.29) is 176 Å². The SMILES string of the molecule is CCCOc1c2cc(NC(=O)NS(=O)(=O)c3ccc(C)cc3)cc1Cc1cc(NC(=O)NS(=O)(=O)c3ccc(C)cc3)cc(c1CCCN1C(=O)c3ccccc3C1=O)Cc1cc(NC(=O)NS(=O)(=O)c3ccc(C)cc3)cc(c1OCCC)Cc1cc(NC(=O)NS(=O)(=O)c3ccc(C)cc3)cc(c1CCCN1C(=O)c3ccccc3C1=O)C2. The van der Waals surface area contributed by atoms with E-state index in [1.807, 2.05) is 13.8 Å². The Hall–Kier alpha value is -13.0. The van der Waals surface area contributed by atoms with E-state index in [0.717, 1.165) is 32.1 Å². The van der Waals surface area contributed by atoms with E-state index in [1.54, 1.807) is 173 Å². The van der Waals surface area contributed by atoms with E-state index in [4.69, 9.17) is 9.47 Å². The molecule has 0 saturated carbocycles. The standard InChI is InChI=1S/C88H86N10O18S4/c1-7-39-115-79-61-41-57-45-65(89-85(103)93-117(107,108)69-29-21-53(3)22-30-69)47-59(73(57)19-13-37-97-81(99)75-15-9-10-16-76(75)82(97)100)43-63-51-68(92-88(106)96-120(113,114)72-35-27-56(6)28-36-72)52-64(80(63)116-40-8-2)44-60-48-66(90-86(104)94-118(109,110)70-31-23-54(4)24-32-70)46-58(74(60)20-14-38-98-83(101)77-17-11-12-18-78(77)84(98)102)42-62(79)50-67(49-61)91-87(105)95-119(111,112)71-33-25-55(5)26-34-71/h9-12,15-18,21-36,45-52H,7-8,13-14,19-20,37-44H2,1-6H3,(H2,89,93,103)(H2,90,94,104)(H2,91,95,105)(H2,92,96,106). The molecule has 28 nitrogen and oxygen atoms in total. The van der Waals surface area contributed by atoms with Gasteiger partial charge < -0.3 is 30.7 Å². The summed E-state index contributed by atoms with van der Waals surface area (Å²) in [7, 11) is -18.3. The minimum absolute atomic E-state index is 0.00387. The molecule has 2 heterocycles. The fourth-order valence-electron chi connectivity index (χ4n) is 14.7. The number of rotatable bonds is 26. The van der Waals surface area contributed by atoms with Gasteiger partial charge in [-0.3, -0.25) is 29.0 Å². The van der Waals surface area contributed by atoms with Gasteiger partial charge in [-0.25, -0.2) is 71.7 Å². The molecular weight excluding hydrogens is 1610 g/mol. The zero-order chi connectivity index (χ0) is 85.5. The largest absolute Gasteiger partial charge is 0.493 e. The molecule has 8 bridgehead atoms. The first-order valence-electron chi connectivity index (χ1n) is 38.6. The molecule has 0 unspecified atom stereocenters. The van der Waals surface area contributed by atoms with Crippen molar-refractivity contribution < 1.29 is 81.5 Å². The molecule has 0 aromatic heterocycles. The highest BCUT2D eigenvalue weighted by atomic mass is 32.2. The minimum atomic E-state index is -4.57. The van der Waals surface area contributed by atoms with Crippen molar-refractivity contribution in [3.8, 4) is 11.5 Å². The van der Waals surface area contributed by atoms with Gasteiger partial charge in [0.25, 0.3) is 63.7 Å². The molecule has 3 aliphatic rings. The van der Waals surface area contributed by atoms with Gasteiger partial charge in [-0.05, 0) is 221 Å². The Morgan fingerprint density at radius 2 is 0.542 bits per heavy atom. The smallest absolute Gasteiger partial charge is 0.333 e. The van der Waals surface area contributed by atoms with Crippen LogP contribution in [-0.4, -0.2) is 118 Å². The Bertz CT molecular complexity index is 5720. The van der Waals surface area contributed by atoms with Gasteiger partial charge in [-0.1, -0.05) is 109 Å². The van der Waals surface area contributed by atoms with E-state index in [2.05, 4.69) is 40.2 Å². The molecule has 0 fully saturated rings. The number of hydrogen-bond donors (Lipinski definition) is 8. The summed E-state index contributed by atoms with van der Waals surface area (Å²) < 4.78 is 135. The first-order valence-corrected chi connectivity index (χ1v) is 44.6. The van der Waals surface area contributed by atoms with Crippen LogP contribution < -0.4 is 49.6 Å². The normalized spacial score (nSPS) is 13.2. The molecule has 0 spiro atoms. The van der Waals surface area contributed by atoms with Crippen LogP contribution in [0.5, 0.6) is 11.5 Å².